The maximum Gasteiger partial charge on any atom is 0.237 e. The molecule has 0 N–H and O–H groups in total. The van der Waals surface area contributed by atoms with Gasteiger partial charge >= 0.3 is 0 Å². The minimum absolute atomic E-state index is 0.535. The molecular formula is C16H18N4O. The largest absolute Gasteiger partial charge is 0.426 e. The Kier molecular flexibility index (Phi) is 3.18. The zero-order valence-corrected chi connectivity index (χ0v) is 11.9. The highest BCUT2D eigenvalue weighted by atomic mass is 16.4. The van der Waals surface area contributed by atoms with E-state index in [2.05, 4.69) is 34.5 Å². The molecule has 108 valence electrons. The van der Waals surface area contributed by atoms with Gasteiger partial charge in [-0.1, -0.05) is 37.5 Å². The van der Waals surface area contributed by atoms with Crippen molar-refractivity contribution < 1.29 is 4.42 Å². The minimum atomic E-state index is 0.535. The molecule has 1 aromatic carbocycles. The van der Waals surface area contributed by atoms with E-state index in [1.165, 1.54) is 49.6 Å². The van der Waals surface area contributed by atoms with Crippen molar-refractivity contribution in [3.05, 3.63) is 42.2 Å². The van der Waals surface area contributed by atoms with E-state index in [-0.39, 0.29) is 0 Å². The molecule has 2 heterocycles. The van der Waals surface area contributed by atoms with Crippen LogP contribution >= 0.6 is 0 Å². The molecule has 0 bridgehead atoms. The van der Waals surface area contributed by atoms with Crippen molar-refractivity contribution in [1.82, 2.24) is 20.0 Å². The van der Waals surface area contributed by atoms with Crippen LogP contribution in [0, 0.1) is 0 Å². The lowest BCUT2D eigenvalue weighted by Gasteiger charge is -2.19. The number of aromatic nitrogens is 4. The van der Waals surface area contributed by atoms with Crippen LogP contribution in [0.1, 0.15) is 49.6 Å². The third-order valence-electron chi connectivity index (χ3n) is 4.37. The number of para-hydroxylation sites is 1. The van der Waals surface area contributed by atoms with Gasteiger partial charge in [-0.25, -0.2) is 0 Å². The molecule has 0 aliphatic heterocycles. The molecule has 0 amide bonds. The summed E-state index contributed by atoms with van der Waals surface area (Å²) in [4.78, 5) is 0. The van der Waals surface area contributed by atoms with Gasteiger partial charge in [0.1, 0.15) is 6.54 Å². The normalized spacial score (nSPS) is 16.6. The predicted molar refractivity (Wildman–Crippen MR) is 79.0 cm³/mol. The third kappa shape index (κ3) is 2.33. The van der Waals surface area contributed by atoms with E-state index in [1.807, 2.05) is 4.68 Å². The van der Waals surface area contributed by atoms with Crippen LogP contribution in [0.15, 0.2) is 35.1 Å². The summed E-state index contributed by atoms with van der Waals surface area (Å²) in [5.41, 5.74) is 2.39. The van der Waals surface area contributed by atoms with Crippen LogP contribution in [0.4, 0.5) is 0 Å². The van der Waals surface area contributed by atoms with Gasteiger partial charge in [0, 0.05) is 11.3 Å². The maximum atomic E-state index is 5.26. The third-order valence-corrected chi connectivity index (χ3v) is 4.37. The van der Waals surface area contributed by atoms with Crippen molar-refractivity contribution in [3.63, 3.8) is 0 Å². The second-order valence-corrected chi connectivity index (χ2v) is 5.73. The topological polar surface area (TPSA) is 56.7 Å². The second-order valence-electron chi connectivity index (χ2n) is 5.73. The Balaban J connectivity index is 1.76. The highest BCUT2D eigenvalue weighted by Gasteiger charge is 2.22. The Morgan fingerprint density at radius 2 is 2.00 bits per heavy atom. The number of fused-ring (bicyclic) bond motifs is 1. The molecule has 4 rings (SSSR count). The maximum absolute atomic E-state index is 5.26. The van der Waals surface area contributed by atoms with E-state index >= 15 is 0 Å². The lowest BCUT2D eigenvalue weighted by molar-refractivity contribution is 0.429. The standard InChI is InChI=1S/C16H18N4O/c1-2-6-12(7-3-1)16-13-8-4-5-9-14(13)20(19-16)10-15-18-17-11-21-15/h4-5,8-9,11-12H,1-3,6-7,10H2. The number of benzene rings is 1. The Hall–Kier alpha value is -2.17. The first-order valence-corrected chi connectivity index (χ1v) is 7.62. The fraction of sp³-hybridized carbons (Fsp3) is 0.438. The van der Waals surface area contributed by atoms with Gasteiger partial charge in [-0.3, -0.25) is 4.68 Å². The molecule has 1 saturated carbocycles. The van der Waals surface area contributed by atoms with E-state index in [0.717, 1.165) is 5.52 Å². The summed E-state index contributed by atoms with van der Waals surface area (Å²) in [7, 11) is 0. The van der Waals surface area contributed by atoms with Crippen LogP contribution in [0.3, 0.4) is 0 Å². The molecule has 1 aliphatic rings. The Bertz CT molecular complexity index is 726. The summed E-state index contributed by atoms with van der Waals surface area (Å²) < 4.78 is 7.25. The van der Waals surface area contributed by atoms with Crippen molar-refractivity contribution in [3.8, 4) is 0 Å². The first kappa shape index (κ1) is 12.6. The molecule has 1 fully saturated rings. The van der Waals surface area contributed by atoms with Crippen LogP contribution in [0.25, 0.3) is 10.9 Å². The molecule has 0 spiro atoms. The van der Waals surface area contributed by atoms with Crippen LogP contribution in [0.5, 0.6) is 0 Å². The number of nitrogens with zero attached hydrogens (tertiary/aromatic N) is 4. The van der Waals surface area contributed by atoms with Gasteiger partial charge in [-0.15, -0.1) is 10.2 Å². The first-order chi connectivity index (χ1) is 10.4. The molecule has 1 aliphatic carbocycles. The number of rotatable bonds is 3. The average Bonchev–Trinajstić information content (AvgIpc) is 3.17. The van der Waals surface area contributed by atoms with Crippen molar-refractivity contribution in [2.45, 2.75) is 44.6 Å². The minimum Gasteiger partial charge on any atom is -0.426 e. The Morgan fingerprint density at radius 3 is 2.81 bits per heavy atom. The predicted octanol–water partition coefficient (Wildman–Crippen LogP) is 3.52. The highest BCUT2D eigenvalue weighted by molar-refractivity contribution is 5.82. The van der Waals surface area contributed by atoms with Crippen molar-refractivity contribution in [2.75, 3.05) is 0 Å². The lowest BCUT2D eigenvalue weighted by Crippen LogP contribution is -2.07. The molecule has 3 aromatic rings. The van der Waals surface area contributed by atoms with E-state index in [9.17, 15) is 0 Å². The quantitative estimate of drug-likeness (QED) is 0.737. The van der Waals surface area contributed by atoms with Crippen molar-refractivity contribution >= 4 is 10.9 Å². The van der Waals surface area contributed by atoms with Gasteiger partial charge in [0.2, 0.25) is 12.3 Å². The van der Waals surface area contributed by atoms with Crippen LogP contribution in [-0.4, -0.2) is 20.0 Å². The van der Waals surface area contributed by atoms with E-state index in [1.54, 1.807) is 0 Å². The smallest absolute Gasteiger partial charge is 0.237 e. The molecule has 5 nitrogen and oxygen atoms in total. The number of hydrogen-bond donors (Lipinski definition) is 0. The molecule has 0 radical (unpaired) electrons. The fourth-order valence-electron chi connectivity index (χ4n) is 3.34. The molecular weight excluding hydrogens is 264 g/mol. The summed E-state index contributed by atoms with van der Waals surface area (Å²) in [6.45, 7) is 0.535. The monoisotopic (exact) mass is 282 g/mol. The van der Waals surface area contributed by atoms with Gasteiger partial charge in [-0.05, 0) is 18.9 Å². The molecule has 0 unspecified atom stereocenters. The molecule has 0 saturated heterocycles. The average molecular weight is 282 g/mol. The summed E-state index contributed by atoms with van der Waals surface area (Å²) in [5.74, 6) is 1.19. The molecule has 5 heteroatoms. The van der Waals surface area contributed by atoms with Crippen molar-refractivity contribution in [1.29, 1.82) is 0 Å². The first-order valence-electron chi connectivity index (χ1n) is 7.62. The van der Waals surface area contributed by atoms with Gasteiger partial charge in [-0.2, -0.15) is 5.10 Å². The zero-order valence-electron chi connectivity index (χ0n) is 11.9. The molecule has 0 atom stereocenters. The zero-order chi connectivity index (χ0) is 14.1. The summed E-state index contributed by atoms with van der Waals surface area (Å²) in [6.07, 6.45) is 7.86. The van der Waals surface area contributed by atoms with Crippen molar-refractivity contribution in [2.24, 2.45) is 0 Å². The van der Waals surface area contributed by atoms with Gasteiger partial charge in [0.15, 0.2) is 0 Å². The summed E-state index contributed by atoms with van der Waals surface area (Å²) in [5, 5.41) is 13.8. The van der Waals surface area contributed by atoms with E-state index in [0.29, 0.717) is 18.4 Å². The van der Waals surface area contributed by atoms with Gasteiger partial charge < -0.3 is 4.42 Å². The van der Waals surface area contributed by atoms with Gasteiger partial charge in [0.05, 0.1) is 11.2 Å². The van der Waals surface area contributed by atoms with Crippen LogP contribution < -0.4 is 0 Å². The molecule has 2 aromatic heterocycles. The Morgan fingerprint density at radius 1 is 1.14 bits per heavy atom. The SMILES string of the molecule is c1ccc2c(c1)c(C1CCCCC1)nn2Cc1nnco1. The summed E-state index contributed by atoms with van der Waals surface area (Å²) in [6, 6.07) is 8.44. The fourth-order valence-corrected chi connectivity index (χ4v) is 3.34. The van der Waals surface area contributed by atoms with Crippen LogP contribution in [-0.2, 0) is 6.54 Å². The number of hydrogen-bond acceptors (Lipinski definition) is 4. The molecule has 21 heavy (non-hydrogen) atoms. The highest BCUT2D eigenvalue weighted by Crippen LogP contribution is 2.35. The lowest BCUT2D eigenvalue weighted by atomic mass is 9.86. The summed E-state index contributed by atoms with van der Waals surface area (Å²) >= 11 is 0. The van der Waals surface area contributed by atoms with Gasteiger partial charge in [0.25, 0.3) is 0 Å². The Labute approximate surface area is 123 Å². The second kappa shape index (κ2) is 5.31. The van der Waals surface area contributed by atoms with E-state index in [4.69, 9.17) is 9.52 Å². The van der Waals surface area contributed by atoms with Crippen LogP contribution in [0.2, 0.25) is 0 Å². The van der Waals surface area contributed by atoms with E-state index < -0.39 is 0 Å².